The van der Waals surface area contributed by atoms with E-state index >= 15 is 0 Å². The SMILES string of the molecule is c1ccc2c(c1)c1nccc3c1n1c(cnc21)CC3. The summed E-state index contributed by atoms with van der Waals surface area (Å²) in [7, 11) is 0. The predicted molar refractivity (Wildman–Crippen MR) is 75.4 cm³/mol. The number of aromatic nitrogens is 3. The van der Waals surface area contributed by atoms with Gasteiger partial charge in [0.15, 0.2) is 0 Å². The second-order valence-electron chi connectivity index (χ2n) is 5.12. The fourth-order valence-electron chi connectivity index (χ4n) is 3.29. The van der Waals surface area contributed by atoms with E-state index in [-0.39, 0.29) is 0 Å². The second kappa shape index (κ2) is 3.12. The molecule has 0 aliphatic carbocycles. The Balaban J connectivity index is 2.27. The van der Waals surface area contributed by atoms with Crippen LogP contribution in [0, 0.1) is 0 Å². The number of fused-ring (bicyclic) bond motifs is 3. The van der Waals surface area contributed by atoms with Gasteiger partial charge in [0.25, 0.3) is 0 Å². The Hall–Kier alpha value is -2.42. The quantitative estimate of drug-likeness (QED) is 0.445. The molecule has 0 radical (unpaired) electrons. The van der Waals surface area contributed by atoms with Crippen molar-refractivity contribution in [2.45, 2.75) is 12.8 Å². The van der Waals surface area contributed by atoms with E-state index < -0.39 is 0 Å². The Morgan fingerprint density at radius 3 is 2.79 bits per heavy atom. The van der Waals surface area contributed by atoms with Crippen molar-refractivity contribution < 1.29 is 0 Å². The molecule has 3 nitrogen and oxygen atoms in total. The molecule has 0 amide bonds. The van der Waals surface area contributed by atoms with Crippen LogP contribution in [-0.2, 0) is 12.8 Å². The van der Waals surface area contributed by atoms with E-state index in [9.17, 15) is 0 Å². The summed E-state index contributed by atoms with van der Waals surface area (Å²) in [6, 6.07) is 10.6. The lowest BCUT2D eigenvalue weighted by molar-refractivity contribution is 0.874. The zero-order valence-electron chi connectivity index (χ0n) is 10.3. The van der Waals surface area contributed by atoms with Crippen LogP contribution in [0.5, 0.6) is 0 Å². The molecular weight excluding hydrogens is 234 g/mol. The fraction of sp³-hybridized carbons (Fsp3) is 0.125. The number of rotatable bonds is 0. The Morgan fingerprint density at radius 2 is 1.84 bits per heavy atom. The Bertz CT molecular complexity index is 966. The van der Waals surface area contributed by atoms with Crippen molar-refractivity contribution in [3.63, 3.8) is 0 Å². The van der Waals surface area contributed by atoms with Gasteiger partial charge < -0.3 is 0 Å². The number of imidazole rings is 1. The number of pyridine rings is 2. The van der Waals surface area contributed by atoms with E-state index in [1.165, 1.54) is 27.5 Å². The second-order valence-corrected chi connectivity index (χ2v) is 5.12. The molecule has 1 aliphatic heterocycles. The topological polar surface area (TPSA) is 30.2 Å². The van der Waals surface area contributed by atoms with E-state index in [1.54, 1.807) is 0 Å². The van der Waals surface area contributed by atoms with Crippen LogP contribution in [0.1, 0.15) is 11.3 Å². The summed E-state index contributed by atoms with van der Waals surface area (Å²) in [5, 5.41) is 2.39. The van der Waals surface area contributed by atoms with Crippen molar-refractivity contribution in [2.24, 2.45) is 0 Å². The highest BCUT2D eigenvalue weighted by Crippen LogP contribution is 2.33. The van der Waals surface area contributed by atoms with Gasteiger partial charge in [-0.25, -0.2) is 4.98 Å². The largest absolute Gasteiger partial charge is 0.294 e. The third-order valence-electron chi connectivity index (χ3n) is 4.14. The Morgan fingerprint density at radius 1 is 0.947 bits per heavy atom. The van der Waals surface area contributed by atoms with Gasteiger partial charge >= 0.3 is 0 Å². The summed E-state index contributed by atoms with van der Waals surface area (Å²) < 4.78 is 2.30. The van der Waals surface area contributed by atoms with E-state index in [1.807, 2.05) is 12.4 Å². The molecule has 3 aromatic heterocycles. The van der Waals surface area contributed by atoms with Gasteiger partial charge in [0, 0.05) is 28.9 Å². The molecule has 19 heavy (non-hydrogen) atoms. The van der Waals surface area contributed by atoms with Gasteiger partial charge in [-0.3, -0.25) is 9.38 Å². The van der Waals surface area contributed by atoms with Gasteiger partial charge in [-0.05, 0) is 24.5 Å². The molecule has 90 valence electrons. The maximum Gasteiger partial charge on any atom is 0.145 e. The van der Waals surface area contributed by atoms with Crippen LogP contribution in [0.15, 0.2) is 42.7 Å². The van der Waals surface area contributed by atoms with Crippen molar-refractivity contribution in [3.8, 4) is 0 Å². The summed E-state index contributed by atoms with van der Waals surface area (Å²) in [5.41, 5.74) is 6.08. The van der Waals surface area contributed by atoms with Crippen LogP contribution >= 0.6 is 0 Å². The van der Waals surface area contributed by atoms with Gasteiger partial charge in [0.2, 0.25) is 0 Å². The molecule has 4 aromatic rings. The van der Waals surface area contributed by atoms with Gasteiger partial charge in [0.1, 0.15) is 5.65 Å². The number of hydrogen-bond acceptors (Lipinski definition) is 2. The summed E-state index contributed by atoms with van der Waals surface area (Å²) >= 11 is 0. The molecule has 0 fully saturated rings. The zero-order chi connectivity index (χ0) is 12.4. The molecule has 0 spiro atoms. The first kappa shape index (κ1) is 9.50. The lowest BCUT2D eigenvalue weighted by Gasteiger charge is -2.17. The molecule has 0 bridgehead atoms. The first-order chi connectivity index (χ1) is 9.43. The van der Waals surface area contributed by atoms with Crippen molar-refractivity contribution in [1.29, 1.82) is 0 Å². The molecule has 0 saturated heterocycles. The van der Waals surface area contributed by atoms with E-state index in [0.29, 0.717) is 0 Å². The first-order valence-electron chi connectivity index (χ1n) is 6.58. The lowest BCUT2D eigenvalue weighted by atomic mass is 10.0. The van der Waals surface area contributed by atoms with E-state index in [0.717, 1.165) is 24.0 Å². The van der Waals surface area contributed by atoms with Crippen LogP contribution in [0.4, 0.5) is 0 Å². The Labute approximate surface area is 109 Å². The zero-order valence-corrected chi connectivity index (χ0v) is 10.3. The van der Waals surface area contributed by atoms with Crippen LogP contribution in [0.25, 0.3) is 27.5 Å². The number of hydrogen-bond donors (Lipinski definition) is 0. The molecule has 0 N–H and O–H groups in total. The smallest absolute Gasteiger partial charge is 0.145 e. The minimum absolute atomic E-state index is 1.06. The average Bonchev–Trinajstić information content (AvgIpc) is 2.91. The number of aryl methyl sites for hydroxylation is 2. The molecule has 0 unspecified atom stereocenters. The highest BCUT2D eigenvalue weighted by Gasteiger charge is 2.19. The average molecular weight is 245 g/mol. The van der Waals surface area contributed by atoms with Gasteiger partial charge in [0.05, 0.1) is 11.0 Å². The van der Waals surface area contributed by atoms with Crippen molar-refractivity contribution in [3.05, 3.63) is 54.0 Å². The van der Waals surface area contributed by atoms with Gasteiger partial charge in [-0.15, -0.1) is 0 Å². The molecule has 1 aliphatic rings. The molecule has 0 saturated carbocycles. The third kappa shape index (κ3) is 1.04. The number of nitrogens with zero attached hydrogens (tertiary/aromatic N) is 3. The first-order valence-corrected chi connectivity index (χ1v) is 6.58. The lowest BCUT2D eigenvalue weighted by Crippen LogP contribution is -2.07. The van der Waals surface area contributed by atoms with Crippen LogP contribution in [-0.4, -0.2) is 14.4 Å². The summed E-state index contributed by atoms with van der Waals surface area (Å²) in [6.07, 6.45) is 6.08. The van der Waals surface area contributed by atoms with Gasteiger partial charge in [-0.2, -0.15) is 0 Å². The summed E-state index contributed by atoms with van der Waals surface area (Å²) in [6.45, 7) is 0. The van der Waals surface area contributed by atoms with Crippen LogP contribution < -0.4 is 0 Å². The third-order valence-corrected chi connectivity index (χ3v) is 4.14. The van der Waals surface area contributed by atoms with Gasteiger partial charge in [-0.1, -0.05) is 24.3 Å². The maximum atomic E-state index is 4.64. The molecule has 5 rings (SSSR count). The highest BCUT2D eigenvalue weighted by molar-refractivity contribution is 6.10. The fourth-order valence-corrected chi connectivity index (χ4v) is 3.29. The van der Waals surface area contributed by atoms with Crippen molar-refractivity contribution in [1.82, 2.24) is 14.4 Å². The van der Waals surface area contributed by atoms with Crippen LogP contribution in [0.2, 0.25) is 0 Å². The molecule has 1 aromatic carbocycles. The molecule has 4 heterocycles. The molecule has 0 atom stereocenters. The summed E-state index contributed by atoms with van der Waals surface area (Å²) in [4.78, 5) is 9.26. The summed E-state index contributed by atoms with van der Waals surface area (Å²) in [5.74, 6) is 0. The minimum Gasteiger partial charge on any atom is -0.294 e. The van der Waals surface area contributed by atoms with Crippen molar-refractivity contribution >= 4 is 27.5 Å². The molecular formula is C16H11N3. The minimum atomic E-state index is 1.06. The predicted octanol–water partition coefficient (Wildman–Crippen LogP) is 3.13. The standard InChI is InChI=1S/C16H11N3/c1-2-4-13-12(3-1)14-15-10(7-8-17-14)5-6-11-9-18-16(13)19(11)15/h1-4,7-9H,5-6H2. The van der Waals surface area contributed by atoms with Crippen LogP contribution in [0.3, 0.4) is 0 Å². The monoisotopic (exact) mass is 245 g/mol. The normalized spacial score (nSPS) is 13.9. The van der Waals surface area contributed by atoms with E-state index in [4.69, 9.17) is 0 Å². The van der Waals surface area contributed by atoms with Crippen molar-refractivity contribution in [2.75, 3.05) is 0 Å². The van der Waals surface area contributed by atoms with E-state index in [2.05, 4.69) is 44.7 Å². The highest BCUT2D eigenvalue weighted by atomic mass is 15.0. The number of benzene rings is 1. The Kier molecular flexibility index (Phi) is 1.56. The molecule has 3 heteroatoms. The maximum absolute atomic E-state index is 4.64.